The fourth-order valence-corrected chi connectivity index (χ4v) is 2.29. The van der Waals surface area contributed by atoms with E-state index in [0.717, 1.165) is 0 Å². The van der Waals surface area contributed by atoms with Gasteiger partial charge in [-0.15, -0.1) is 0 Å². The molecule has 1 aliphatic rings. The molecule has 0 saturated carbocycles. The van der Waals surface area contributed by atoms with Crippen molar-refractivity contribution in [1.29, 1.82) is 0 Å². The highest BCUT2D eigenvalue weighted by molar-refractivity contribution is 5.88. The van der Waals surface area contributed by atoms with Crippen LogP contribution in [-0.2, 0) is 4.79 Å². The van der Waals surface area contributed by atoms with E-state index in [-0.39, 0.29) is 18.6 Å². The van der Waals surface area contributed by atoms with Crippen LogP contribution in [0.5, 0.6) is 0 Å². The van der Waals surface area contributed by atoms with Crippen LogP contribution in [0.4, 0.5) is 13.2 Å². The third-order valence-corrected chi connectivity index (χ3v) is 3.31. The van der Waals surface area contributed by atoms with Gasteiger partial charge in [0.25, 0.3) is 0 Å². The number of hydrogen-bond donors (Lipinski definition) is 1. The van der Waals surface area contributed by atoms with Gasteiger partial charge in [-0.3, -0.25) is 4.79 Å². The maximum absolute atomic E-state index is 12.6. The third kappa shape index (κ3) is 3.44. The highest BCUT2D eigenvalue weighted by Crippen LogP contribution is 2.36. The van der Waals surface area contributed by atoms with Crippen LogP contribution < -0.4 is 5.32 Å². The Morgan fingerprint density at radius 3 is 2.06 bits per heavy atom. The normalized spacial score (nSPS) is 31.4. The van der Waals surface area contributed by atoms with Gasteiger partial charge in [-0.05, 0) is 19.8 Å². The molecular weight excluding hydrogens is 231 g/mol. The fraction of sp³-hybridized carbons (Fsp3) is 0.917. The summed E-state index contributed by atoms with van der Waals surface area (Å²) >= 11 is 0. The van der Waals surface area contributed by atoms with Crippen LogP contribution in [0, 0.1) is 11.3 Å². The minimum atomic E-state index is -4.18. The molecule has 0 bridgehead atoms. The van der Waals surface area contributed by atoms with E-state index in [1.54, 1.807) is 20.8 Å². The largest absolute Gasteiger partial charge is 0.393 e. The van der Waals surface area contributed by atoms with Gasteiger partial charge in [0.2, 0.25) is 0 Å². The lowest BCUT2D eigenvalue weighted by molar-refractivity contribution is -0.189. The van der Waals surface area contributed by atoms with E-state index in [0.29, 0.717) is 0 Å². The molecule has 2 nitrogen and oxygen atoms in total. The summed E-state index contributed by atoms with van der Waals surface area (Å²) in [5, 5.41) is 2.81. The summed E-state index contributed by atoms with van der Waals surface area (Å²) in [7, 11) is 0. The second-order valence-electron chi connectivity index (χ2n) is 5.85. The van der Waals surface area contributed by atoms with E-state index >= 15 is 0 Å². The van der Waals surface area contributed by atoms with Crippen molar-refractivity contribution in [3.05, 3.63) is 0 Å². The van der Waals surface area contributed by atoms with Gasteiger partial charge in [-0.1, -0.05) is 20.8 Å². The minimum Gasteiger partial charge on any atom is -0.304 e. The van der Waals surface area contributed by atoms with Crippen molar-refractivity contribution in [3.63, 3.8) is 0 Å². The number of alkyl halides is 3. The Morgan fingerprint density at radius 2 is 1.71 bits per heavy atom. The number of Topliss-reactive ketones (excluding diaryl/α,β-unsaturated/α-hetero) is 1. The molecule has 3 unspecified atom stereocenters. The lowest BCUT2D eigenvalue weighted by atomic mass is 9.79. The lowest BCUT2D eigenvalue weighted by Gasteiger charge is -2.37. The zero-order valence-electron chi connectivity index (χ0n) is 10.7. The molecular formula is C12H20F3NO. The monoisotopic (exact) mass is 251 g/mol. The molecule has 1 saturated heterocycles. The molecule has 0 aromatic heterocycles. The maximum atomic E-state index is 12.6. The summed E-state index contributed by atoms with van der Waals surface area (Å²) in [5.41, 5.74) is -0.511. The maximum Gasteiger partial charge on any atom is 0.393 e. The number of piperidine rings is 1. The standard InChI is InChI=1S/C12H20F3NO/c1-7-8(12(13,14)15)5-6-9(16-7)10(17)11(2,3)4/h7-9,16H,5-6H2,1-4H3. The van der Waals surface area contributed by atoms with Crippen LogP contribution in [0.15, 0.2) is 0 Å². The number of hydrogen-bond acceptors (Lipinski definition) is 2. The van der Waals surface area contributed by atoms with Crippen LogP contribution in [0.1, 0.15) is 40.5 Å². The zero-order chi connectivity index (χ0) is 13.4. The molecule has 0 radical (unpaired) electrons. The molecule has 1 heterocycles. The average Bonchev–Trinajstić information content (AvgIpc) is 2.12. The fourth-order valence-electron chi connectivity index (χ4n) is 2.29. The van der Waals surface area contributed by atoms with E-state index in [4.69, 9.17) is 0 Å². The number of rotatable bonds is 1. The van der Waals surface area contributed by atoms with E-state index < -0.39 is 29.6 Å². The molecule has 5 heteroatoms. The van der Waals surface area contributed by atoms with Crippen molar-refractivity contribution in [3.8, 4) is 0 Å². The average molecular weight is 251 g/mol. The molecule has 100 valence electrons. The van der Waals surface area contributed by atoms with Crippen LogP contribution in [0.25, 0.3) is 0 Å². The van der Waals surface area contributed by atoms with Crippen molar-refractivity contribution in [2.75, 3.05) is 0 Å². The SMILES string of the molecule is CC1NC(C(=O)C(C)(C)C)CCC1C(F)(F)F. The molecule has 0 aromatic carbocycles. The van der Waals surface area contributed by atoms with Crippen molar-refractivity contribution < 1.29 is 18.0 Å². The Hall–Kier alpha value is -0.580. The van der Waals surface area contributed by atoms with Crippen molar-refractivity contribution in [2.24, 2.45) is 11.3 Å². The highest BCUT2D eigenvalue weighted by Gasteiger charge is 2.47. The number of nitrogens with one attached hydrogen (secondary N) is 1. The molecule has 17 heavy (non-hydrogen) atoms. The van der Waals surface area contributed by atoms with Crippen molar-refractivity contribution in [2.45, 2.75) is 58.8 Å². The number of carbonyl (C=O) groups is 1. The molecule has 1 aliphatic heterocycles. The molecule has 0 amide bonds. The summed E-state index contributed by atoms with van der Waals surface area (Å²) in [5.74, 6) is -1.35. The molecule has 3 atom stereocenters. The number of halogens is 3. The van der Waals surface area contributed by atoms with Crippen molar-refractivity contribution in [1.82, 2.24) is 5.32 Å². The first kappa shape index (κ1) is 14.5. The first-order valence-electron chi connectivity index (χ1n) is 5.90. The van der Waals surface area contributed by atoms with Gasteiger partial charge < -0.3 is 5.32 Å². The molecule has 0 spiro atoms. The minimum absolute atomic E-state index is 0.00928. The highest BCUT2D eigenvalue weighted by atomic mass is 19.4. The first-order chi connectivity index (χ1) is 7.53. The van der Waals surface area contributed by atoms with E-state index in [9.17, 15) is 18.0 Å². The van der Waals surface area contributed by atoms with Gasteiger partial charge in [0.1, 0.15) is 0 Å². The summed E-state index contributed by atoms with van der Waals surface area (Å²) < 4.78 is 37.9. The van der Waals surface area contributed by atoms with Gasteiger partial charge in [0, 0.05) is 11.5 Å². The zero-order valence-corrected chi connectivity index (χ0v) is 10.7. The second kappa shape index (κ2) is 4.59. The molecule has 0 aromatic rings. The van der Waals surface area contributed by atoms with Crippen LogP contribution in [0.2, 0.25) is 0 Å². The van der Waals surface area contributed by atoms with Gasteiger partial charge in [-0.25, -0.2) is 0 Å². The molecule has 1 N–H and O–H groups in total. The lowest BCUT2D eigenvalue weighted by Crippen LogP contribution is -2.55. The summed E-state index contributed by atoms with van der Waals surface area (Å²) in [6.45, 7) is 6.87. The molecule has 0 aliphatic carbocycles. The summed E-state index contributed by atoms with van der Waals surface area (Å²) in [6.07, 6.45) is -3.88. The Bertz CT molecular complexity index is 293. The van der Waals surface area contributed by atoms with Crippen molar-refractivity contribution >= 4 is 5.78 Å². The smallest absolute Gasteiger partial charge is 0.304 e. The van der Waals surface area contributed by atoms with Gasteiger partial charge in [-0.2, -0.15) is 13.2 Å². The van der Waals surface area contributed by atoms with Gasteiger partial charge in [0.15, 0.2) is 5.78 Å². The Labute approximate surface area is 100.0 Å². The van der Waals surface area contributed by atoms with Gasteiger partial charge in [0.05, 0.1) is 12.0 Å². The molecule has 1 rings (SSSR count). The van der Waals surface area contributed by atoms with Crippen LogP contribution in [-0.4, -0.2) is 24.0 Å². The van der Waals surface area contributed by atoms with Gasteiger partial charge >= 0.3 is 6.18 Å². The number of ketones is 1. The summed E-state index contributed by atoms with van der Waals surface area (Å²) in [6, 6.07) is -1.14. The van der Waals surface area contributed by atoms with Crippen LogP contribution in [0.3, 0.4) is 0 Å². The van der Waals surface area contributed by atoms with E-state index in [2.05, 4.69) is 5.32 Å². The third-order valence-electron chi connectivity index (χ3n) is 3.31. The summed E-state index contributed by atoms with van der Waals surface area (Å²) in [4.78, 5) is 12.0. The Balaban J connectivity index is 2.68. The second-order valence-corrected chi connectivity index (χ2v) is 5.85. The van der Waals surface area contributed by atoms with E-state index in [1.165, 1.54) is 6.92 Å². The first-order valence-corrected chi connectivity index (χ1v) is 5.90. The Morgan fingerprint density at radius 1 is 1.18 bits per heavy atom. The van der Waals surface area contributed by atoms with Crippen LogP contribution >= 0.6 is 0 Å². The van der Waals surface area contributed by atoms with E-state index in [1.807, 2.05) is 0 Å². The quantitative estimate of drug-likeness (QED) is 0.776. The number of carbonyl (C=O) groups excluding carboxylic acids is 1. The molecule has 1 fully saturated rings. The topological polar surface area (TPSA) is 29.1 Å². The Kier molecular flexibility index (Phi) is 3.91. The predicted octanol–water partition coefficient (Wildman–Crippen LogP) is 2.92. The predicted molar refractivity (Wildman–Crippen MR) is 59.6 cm³/mol.